The average Bonchev–Trinajstić information content (AvgIpc) is 3.38. The normalized spacial score (nSPS) is 14.6. The zero-order valence-electron chi connectivity index (χ0n) is 16.9. The van der Waals surface area contributed by atoms with Crippen LogP contribution in [0.3, 0.4) is 0 Å². The molecule has 8 heteroatoms. The van der Waals surface area contributed by atoms with Crippen molar-refractivity contribution in [1.82, 2.24) is 18.5 Å². The summed E-state index contributed by atoms with van der Waals surface area (Å²) in [6.45, 7) is 3.28. The zero-order chi connectivity index (χ0) is 21.0. The van der Waals surface area contributed by atoms with Crippen LogP contribution in [0.5, 0.6) is 0 Å². The molecule has 2 heterocycles. The summed E-state index contributed by atoms with van der Waals surface area (Å²) in [5.74, 6) is -0.0187. The van der Waals surface area contributed by atoms with Crippen molar-refractivity contribution in [3.63, 3.8) is 0 Å². The second kappa shape index (κ2) is 6.70. The highest BCUT2D eigenvalue weighted by Crippen LogP contribution is 2.42. The van der Waals surface area contributed by atoms with Crippen LogP contribution in [-0.4, -0.2) is 32.2 Å². The number of fused-ring (bicyclic) bond motifs is 1. The molecule has 5 rings (SSSR count). The van der Waals surface area contributed by atoms with Crippen molar-refractivity contribution in [2.24, 2.45) is 0 Å². The van der Waals surface area contributed by atoms with E-state index in [4.69, 9.17) is 10.7 Å². The number of benzene rings is 2. The van der Waals surface area contributed by atoms with Crippen LogP contribution in [0.4, 0.5) is 5.95 Å². The summed E-state index contributed by atoms with van der Waals surface area (Å²) < 4.78 is 29.2. The second-order valence-electron chi connectivity index (χ2n) is 7.98. The first-order chi connectivity index (χ1) is 14.4. The van der Waals surface area contributed by atoms with Crippen molar-refractivity contribution >= 4 is 27.0 Å². The van der Waals surface area contributed by atoms with E-state index in [1.165, 1.54) is 0 Å². The Bertz CT molecular complexity index is 1350. The summed E-state index contributed by atoms with van der Waals surface area (Å²) in [7, 11) is -3.65. The Kier molecular flexibility index (Phi) is 4.21. The van der Waals surface area contributed by atoms with Gasteiger partial charge < -0.3 is 10.3 Å². The molecular formula is C22H23N5O2S. The SMILES string of the molecule is CC(C)S(=O)(=O)n1c(N)nc2ccc(-c3c(-c4ccccc4)ncn3C3CC3)cc21. The van der Waals surface area contributed by atoms with Gasteiger partial charge in [-0.25, -0.2) is 22.4 Å². The van der Waals surface area contributed by atoms with Gasteiger partial charge in [0.25, 0.3) is 0 Å². The second-order valence-corrected chi connectivity index (χ2v) is 10.3. The lowest BCUT2D eigenvalue weighted by molar-refractivity contribution is 0.580. The quantitative estimate of drug-likeness (QED) is 0.524. The van der Waals surface area contributed by atoms with E-state index in [-0.39, 0.29) is 5.95 Å². The summed E-state index contributed by atoms with van der Waals surface area (Å²) in [4.78, 5) is 8.98. The summed E-state index contributed by atoms with van der Waals surface area (Å²) in [6, 6.07) is 16.1. The van der Waals surface area contributed by atoms with Gasteiger partial charge in [-0.15, -0.1) is 0 Å². The van der Waals surface area contributed by atoms with Crippen molar-refractivity contribution < 1.29 is 8.42 Å². The maximum absolute atomic E-state index is 12.9. The molecule has 0 unspecified atom stereocenters. The molecule has 4 aromatic rings. The summed E-state index contributed by atoms with van der Waals surface area (Å²) in [5, 5.41) is -0.613. The fraction of sp³-hybridized carbons (Fsp3) is 0.273. The van der Waals surface area contributed by atoms with Crippen LogP contribution in [0, 0.1) is 0 Å². The van der Waals surface area contributed by atoms with Crippen LogP contribution in [0.15, 0.2) is 54.9 Å². The summed E-state index contributed by atoms with van der Waals surface area (Å²) in [5.41, 5.74) is 10.8. The van der Waals surface area contributed by atoms with Gasteiger partial charge in [0.05, 0.1) is 34.0 Å². The molecule has 0 amide bonds. The van der Waals surface area contributed by atoms with Gasteiger partial charge in [0.2, 0.25) is 16.0 Å². The smallest absolute Gasteiger partial charge is 0.244 e. The minimum absolute atomic E-state index is 0.0187. The molecule has 0 saturated heterocycles. The summed E-state index contributed by atoms with van der Waals surface area (Å²) in [6.07, 6.45) is 4.12. The van der Waals surface area contributed by atoms with Crippen molar-refractivity contribution in [3.05, 3.63) is 54.9 Å². The van der Waals surface area contributed by atoms with E-state index in [9.17, 15) is 8.42 Å². The van der Waals surface area contributed by atoms with Crippen LogP contribution >= 0.6 is 0 Å². The van der Waals surface area contributed by atoms with Crippen LogP contribution in [0.2, 0.25) is 0 Å². The van der Waals surface area contributed by atoms with Crippen LogP contribution in [0.25, 0.3) is 33.5 Å². The lowest BCUT2D eigenvalue weighted by atomic mass is 10.0. The van der Waals surface area contributed by atoms with Crippen LogP contribution < -0.4 is 5.73 Å². The lowest BCUT2D eigenvalue weighted by Gasteiger charge is -2.13. The van der Waals surface area contributed by atoms with Gasteiger partial charge in [0, 0.05) is 17.2 Å². The van der Waals surface area contributed by atoms with Gasteiger partial charge >= 0.3 is 0 Å². The van der Waals surface area contributed by atoms with Crippen LogP contribution in [0.1, 0.15) is 32.7 Å². The fourth-order valence-electron chi connectivity index (χ4n) is 3.78. The molecule has 0 spiro atoms. The summed E-state index contributed by atoms with van der Waals surface area (Å²) >= 11 is 0. The van der Waals surface area contributed by atoms with Crippen molar-refractivity contribution in [3.8, 4) is 22.5 Å². The van der Waals surface area contributed by atoms with Gasteiger partial charge in [-0.05, 0) is 38.8 Å². The molecule has 0 bridgehead atoms. The molecule has 2 aromatic carbocycles. The molecule has 0 radical (unpaired) electrons. The topological polar surface area (TPSA) is 95.8 Å². The number of aromatic nitrogens is 4. The minimum atomic E-state index is -3.65. The molecule has 154 valence electrons. The van der Waals surface area contributed by atoms with Crippen molar-refractivity contribution in [1.29, 1.82) is 0 Å². The highest BCUT2D eigenvalue weighted by molar-refractivity contribution is 7.90. The van der Waals surface area contributed by atoms with E-state index in [1.807, 2.05) is 54.9 Å². The third kappa shape index (κ3) is 2.90. The predicted molar refractivity (Wildman–Crippen MR) is 119 cm³/mol. The van der Waals surface area contributed by atoms with Crippen molar-refractivity contribution in [2.45, 2.75) is 38.0 Å². The third-order valence-electron chi connectivity index (χ3n) is 5.54. The van der Waals surface area contributed by atoms with Gasteiger partial charge in [-0.2, -0.15) is 0 Å². The molecule has 1 aliphatic carbocycles. The third-order valence-corrected chi connectivity index (χ3v) is 7.63. The number of imidazole rings is 2. The Morgan fingerprint density at radius 1 is 1.07 bits per heavy atom. The molecule has 1 saturated carbocycles. The monoisotopic (exact) mass is 421 g/mol. The lowest BCUT2D eigenvalue weighted by Crippen LogP contribution is -2.23. The first kappa shape index (κ1) is 18.9. The minimum Gasteiger partial charge on any atom is -0.368 e. The van der Waals surface area contributed by atoms with E-state index in [0.717, 1.165) is 39.3 Å². The number of nitrogens with two attached hydrogens (primary N) is 1. The highest BCUT2D eigenvalue weighted by Gasteiger charge is 2.29. The maximum atomic E-state index is 12.9. The number of anilines is 1. The Balaban J connectivity index is 1.76. The van der Waals surface area contributed by atoms with Crippen LogP contribution in [-0.2, 0) is 10.0 Å². The molecular weight excluding hydrogens is 398 g/mol. The standard InChI is InChI=1S/C22H23N5O2S/c1-14(2)30(28,29)27-19-12-16(8-11-18(19)25-22(27)23)21-20(15-6-4-3-5-7-15)24-13-26(21)17-9-10-17/h3-8,11-14,17H,9-10H2,1-2H3,(H2,23,25). The number of nitrogens with zero attached hydrogens (tertiary/aromatic N) is 4. The number of nitrogen functional groups attached to an aromatic ring is 1. The molecule has 1 fully saturated rings. The van der Waals surface area contributed by atoms with E-state index >= 15 is 0 Å². The first-order valence-electron chi connectivity index (χ1n) is 10.0. The Hall–Kier alpha value is -3.13. The maximum Gasteiger partial charge on any atom is 0.244 e. The van der Waals surface area contributed by atoms with Gasteiger partial charge in [-0.1, -0.05) is 36.4 Å². The van der Waals surface area contributed by atoms with E-state index in [1.54, 1.807) is 13.8 Å². The molecule has 2 aromatic heterocycles. The molecule has 1 aliphatic rings. The Morgan fingerprint density at radius 2 is 1.80 bits per heavy atom. The average molecular weight is 422 g/mol. The molecule has 0 aliphatic heterocycles. The van der Waals surface area contributed by atoms with E-state index in [2.05, 4.69) is 9.55 Å². The predicted octanol–water partition coefficient (Wildman–Crippen LogP) is 4.07. The van der Waals surface area contributed by atoms with Gasteiger partial charge in [0.1, 0.15) is 0 Å². The number of rotatable bonds is 5. The molecule has 0 atom stereocenters. The molecule has 2 N–H and O–H groups in total. The Morgan fingerprint density at radius 3 is 2.47 bits per heavy atom. The van der Waals surface area contributed by atoms with Gasteiger partial charge in [0.15, 0.2) is 0 Å². The molecule has 7 nitrogen and oxygen atoms in total. The first-order valence-corrected chi connectivity index (χ1v) is 11.5. The number of hydrogen-bond donors (Lipinski definition) is 1. The molecule has 30 heavy (non-hydrogen) atoms. The van der Waals surface area contributed by atoms with Crippen molar-refractivity contribution in [2.75, 3.05) is 5.73 Å². The Labute approximate surface area is 175 Å². The van der Waals surface area contributed by atoms with Gasteiger partial charge in [-0.3, -0.25) is 0 Å². The van der Waals surface area contributed by atoms with E-state index < -0.39 is 15.3 Å². The highest BCUT2D eigenvalue weighted by atomic mass is 32.2. The number of hydrogen-bond acceptors (Lipinski definition) is 5. The zero-order valence-corrected chi connectivity index (χ0v) is 17.7. The largest absolute Gasteiger partial charge is 0.368 e. The fourth-order valence-corrected chi connectivity index (χ4v) is 4.93. The van der Waals surface area contributed by atoms with E-state index in [0.29, 0.717) is 17.1 Å².